The van der Waals surface area contributed by atoms with E-state index in [4.69, 9.17) is 14.2 Å². The Morgan fingerprint density at radius 3 is 2.64 bits per heavy atom. The Hall–Kier alpha value is -1.70. The molecule has 5 aliphatic rings. The number of aliphatic hydroxyl groups is 2. The van der Waals surface area contributed by atoms with E-state index in [2.05, 4.69) is 6.58 Å². The summed E-state index contributed by atoms with van der Waals surface area (Å²) >= 11 is 0. The molecule has 0 aromatic heterocycles. The molecule has 2 bridgehead atoms. The predicted molar refractivity (Wildman–Crippen MR) is 95.8 cm³/mol. The average Bonchev–Trinajstić information content (AvgIpc) is 3.19. The molecule has 8 atom stereocenters. The van der Waals surface area contributed by atoms with Gasteiger partial charge in [-0.05, 0) is 38.2 Å². The van der Waals surface area contributed by atoms with Crippen LogP contribution >= 0.6 is 0 Å². The fraction of sp³-hybridized carbons (Fsp3) is 0.714. The molecule has 1 heterocycles. The molecule has 2 N–H and O–H groups in total. The molecule has 152 valence electrons. The van der Waals surface area contributed by atoms with E-state index in [1.54, 1.807) is 13.0 Å². The molecular formula is C21H26O7. The van der Waals surface area contributed by atoms with Crippen molar-refractivity contribution in [3.8, 4) is 0 Å². The Morgan fingerprint density at radius 1 is 1.29 bits per heavy atom. The van der Waals surface area contributed by atoms with Gasteiger partial charge in [0.2, 0.25) is 0 Å². The van der Waals surface area contributed by atoms with Gasteiger partial charge >= 0.3 is 11.9 Å². The molecule has 1 saturated heterocycles. The van der Waals surface area contributed by atoms with Crippen LogP contribution in [0.2, 0.25) is 0 Å². The van der Waals surface area contributed by atoms with Crippen molar-refractivity contribution in [3.63, 3.8) is 0 Å². The van der Waals surface area contributed by atoms with Gasteiger partial charge in [0.15, 0.2) is 0 Å². The highest BCUT2D eigenvalue weighted by Crippen LogP contribution is 2.85. The van der Waals surface area contributed by atoms with E-state index in [1.807, 2.05) is 6.08 Å². The van der Waals surface area contributed by atoms with Gasteiger partial charge in [0.05, 0.1) is 31.8 Å². The largest absolute Gasteiger partial charge is 0.469 e. The van der Waals surface area contributed by atoms with Gasteiger partial charge in [0, 0.05) is 11.3 Å². The molecule has 5 rings (SSSR count). The van der Waals surface area contributed by atoms with E-state index in [0.717, 1.165) is 0 Å². The lowest BCUT2D eigenvalue weighted by molar-refractivity contribution is -0.181. The first-order valence-electron chi connectivity index (χ1n) is 9.73. The maximum Gasteiger partial charge on any atom is 0.314 e. The number of fused-ring (bicyclic) bond motifs is 1. The van der Waals surface area contributed by atoms with Gasteiger partial charge in [-0.3, -0.25) is 9.59 Å². The molecule has 0 amide bonds. The third-order valence-electron chi connectivity index (χ3n) is 8.68. The molecule has 0 radical (unpaired) electrons. The number of esters is 2. The van der Waals surface area contributed by atoms with E-state index >= 15 is 0 Å². The quantitative estimate of drug-likeness (QED) is 0.410. The fourth-order valence-corrected chi connectivity index (χ4v) is 7.43. The van der Waals surface area contributed by atoms with E-state index in [0.29, 0.717) is 31.3 Å². The average molecular weight is 390 g/mol. The summed E-state index contributed by atoms with van der Waals surface area (Å²) in [4.78, 5) is 26.0. The Balaban J connectivity index is 1.77. The van der Waals surface area contributed by atoms with Crippen LogP contribution in [0.1, 0.15) is 32.6 Å². The molecule has 1 aliphatic heterocycles. The van der Waals surface area contributed by atoms with E-state index < -0.39 is 57.5 Å². The van der Waals surface area contributed by atoms with Crippen LogP contribution in [0.4, 0.5) is 0 Å². The van der Waals surface area contributed by atoms with E-state index in [-0.39, 0.29) is 0 Å². The van der Waals surface area contributed by atoms with Crippen molar-refractivity contribution in [1.82, 2.24) is 0 Å². The van der Waals surface area contributed by atoms with Crippen molar-refractivity contribution in [3.05, 3.63) is 24.3 Å². The first-order chi connectivity index (χ1) is 13.1. The minimum absolute atomic E-state index is 0.345. The van der Waals surface area contributed by atoms with Crippen LogP contribution in [0, 0.1) is 22.7 Å². The van der Waals surface area contributed by atoms with Crippen molar-refractivity contribution in [2.75, 3.05) is 14.2 Å². The molecule has 28 heavy (non-hydrogen) atoms. The highest BCUT2D eigenvalue weighted by atomic mass is 16.6. The molecule has 7 heteroatoms. The minimum atomic E-state index is -1.38. The summed E-state index contributed by atoms with van der Waals surface area (Å²) in [7, 11) is 2.60. The maximum atomic E-state index is 13.1. The van der Waals surface area contributed by atoms with Gasteiger partial charge < -0.3 is 24.4 Å². The molecule has 4 fully saturated rings. The van der Waals surface area contributed by atoms with Crippen LogP contribution in [-0.4, -0.2) is 59.3 Å². The lowest BCUT2D eigenvalue weighted by Crippen LogP contribution is -2.57. The predicted octanol–water partition coefficient (Wildman–Crippen LogP) is 0.884. The zero-order valence-electron chi connectivity index (χ0n) is 16.4. The number of carbonyl (C=O) groups is 2. The first kappa shape index (κ1) is 18.3. The normalized spacial score (nSPS) is 55.2. The van der Waals surface area contributed by atoms with Crippen LogP contribution in [0.15, 0.2) is 24.3 Å². The van der Waals surface area contributed by atoms with Gasteiger partial charge in [-0.25, -0.2) is 0 Å². The van der Waals surface area contributed by atoms with Gasteiger partial charge in [0.1, 0.15) is 16.6 Å². The summed E-state index contributed by atoms with van der Waals surface area (Å²) in [6.07, 6.45) is 4.12. The summed E-state index contributed by atoms with van der Waals surface area (Å²) < 4.78 is 16.7. The van der Waals surface area contributed by atoms with Gasteiger partial charge in [-0.1, -0.05) is 18.7 Å². The lowest BCUT2D eigenvalue weighted by Gasteiger charge is -2.47. The van der Waals surface area contributed by atoms with Crippen molar-refractivity contribution in [2.24, 2.45) is 22.7 Å². The molecule has 0 unspecified atom stereocenters. The number of epoxide rings is 1. The van der Waals surface area contributed by atoms with Crippen LogP contribution in [0.25, 0.3) is 0 Å². The molecule has 0 aromatic rings. The standard InChI is InChI=1S/C21H26O7/c1-11-9-18-10-19(11,25)7-8-21(18)20(28-21)6-5-12(22)17(2,16(24)27-4)14(20)13(18)15(23)26-3/h5-6,12-14,22,25H,1,7-10H2,2-4H3/t12-,13+,14+,17+,18+,19-,20-,21+/m0/s1. The molecule has 7 nitrogen and oxygen atoms in total. The van der Waals surface area contributed by atoms with Crippen molar-refractivity contribution >= 4 is 11.9 Å². The Morgan fingerprint density at radius 2 is 2.00 bits per heavy atom. The third kappa shape index (κ3) is 1.55. The molecule has 4 aliphatic carbocycles. The van der Waals surface area contributed by atoms with Crippen LogP contribution in [0.3, 0.4) is 0 Å². The minimum Gasteiger partial charge on any atom is -0.469 e. The molecular weight excluding hydrogens is 364 g/mol. The summed E-state index contributed by atoms with van der Waals surface area (Å²) in [5.41, 5.74) is -3.98. The maximum absolute atomic E-state index is 13.1. The van der Waals surface area contributed by atoms with Crippen molar-refractivity contribution < 1.29 is 34.0 Å². The van der Waals surface area contributed by atoms with Crippen molar-refractivity contribution in [2.45, 2.75) is 55.5 Å². The second kappa shape index (κ2) is 4.89. The lowest BCUT2D eigenvalue weighted by atomic mass is 9.59. The topological polar surface area (TPSA) is 106 Å². The van der Waals surface area contributed by atoms with E-state index in [9.17, 15) is 19.8 Å². The number of carbonyl (C=O) groups excluding carboxylic acids is 2. The zero-order chi connectivity index (χ0) is 20.3. The Labute approximate surface area is 163 Å². The summed E-state index contributed by atoms with van der Waals surface area (Å²) in [6.45, 7) is 5.73. The SMILES string of the molecule is C=C1C[C@]23C[C@@]1(O)CC[C@@]21O[C@]12C=C[C@H](O)[C@@](C)(C(=O)OC)[C@H]2[C@@H]3C(=O)OC. The number of hydrogen-bond donors (Lipinski definition) is 2. The van der Waals surface area contributed by atoms with E-state index in [1.165, 1.54) is 14.2 Å². The Bertz CT molecular complexity index is 850. The van der Waals surface area contributed by atoms with Crippen molar-refractivity contribution in [1.29, 1.82) is 0 Å². The molecule has 3 saturated carbocycles. The zero-order valence-corrected chi connectivity index (χ0v) is 16.4. The third-order valence-corrected chi connectivity index (χ3v) is 8.68. The summed E-state index contributed by atoms with van der Waals surface area (Å²) in [5, 5.41) is 22.0. The fourth-order valence-electron chi connectivity index (χ4n) is 7.43. The van der Waals surface area contributed by atoms with Crippen LogP contribution < -0.4 is 0 Å². The first-order valence-corrected chi connectivity index (χ1v) is 9.73. The van der Waals surface area contributed by atoms with Gasteiger partial charge in [-0.15, -0.1) is 0 Å². The van der Waals surface area contributed by atoms with Crippen LogP contribution in [-0.2, 0) is 23.8 Å². The summed E-state index contributed by atoms with van der Waals surface area (Å²) in [5.74, 6) is -2.42. The summed E-state index contributed by atoms with van der Waals surface area (Å²) in [6, 6.07) is 0. The van der Waals surface area contributed by atoms with Gasteiger partial charge in [0.25, 0.3) is 0 Å². The highest BCUT2D eigenvalue weighted by Gasteiger charge is 2.94. The number of hydrogen-bond acceptors (Lipinski definition) is 7. The number of methoxy groups -OCH3 is 2. The Kier molecular flexibility index (Phi) is 3.20. The second-order valence-corrected chi connectivity index (χ2v) is 9.42. The molecule has 3 spiro atoms. The van der Waals surface area contributed by atoms with Crippen LogP contribution in [0.5, 0.6) is 0 Å². The monoisotopic (exact) mass is 390 g/mol. The smallest absolute Gasteiger partial charge is 0.314 e. The number of aliphatic hydroxyl groups excluding tert-OH is 1. The number of rotatable bonds is 2. The number of ether oxygens (including phenoxy) is 3. The highest BCUT2D eigenvalue weighted by molar-refractivity contribution is 5.84. The van der Waals surface area contributed by atoms with Gasteiger partial charge in [-0.2, -0.15) is 0 Å². The second-order valence-electron chi connectivity index (χ2n) is 9.42. The molecule has 0 aromatic carbocycles.